The van der Waals surface area contributed by atoms with Crippen LogP contribution in [0.1, 0.15) is 47.2 Å². The molecule has 1 aliphatic carbocycles. The Kier molecular flexibility index (Phi) is 5.44. The van der Waals surface area contributed by atoms with Crippen molar-refractivity contribution in [3.63, 3.8) is 0 Å². The van der Waals surface area contributed by atoms with Crippen LogP contribution in [-0.4, -0.2) is 36.2 Å². The second-order valence-corrected chi connectivity index (χ2v) is 7.63. The summed E-state index contributed by atoms with van der Waals surface area (Å²) in [7, 11) is 0. The lowest BCUT2D eigenvalue weighted by Gasteiger charge is -2.23. The highest BCUT2D eigenvalue weighted by Crippen LogP contribution is 2.30. The first-order valence-corrected chi connectivity index (χ1v) is 9.90. The van der Waals surface area contributed by atoms with Crippen LogP contribution < -0.4 is 4.74 Å². The molecule has 1 saturated heterocycles. The number of ether oxygens (including phenoxy) is 2. The van der Waals surface area contributed by atoms with Crippen molar-refractivity contribution in [1.82, 2.24) is 4.90 Å². The number of carbonyl (C=O) groups excluding carboxylic acids is 1. The lowest BCUT2D eigenvalue weighted by molar-refractivity contribution is 0.0676. The Morgan fingerprint density at radius 3 is 2.74 bits per heavy atom. The first-order valence-electron chi connectivity index (χ1n) is 9.90. The molecule has 1 heterocycles. The Morgan fingerprint density at radius 1 is 1.15 bits per heavy atom. The molecule has 1 aliphatic heterocycles. The molecule has 2 fully saturated rings. The van der Waals surface area contributed by atoms with Crippen LogP contribution in [0.2, 0.25) is 0 Å². The van der Waals surface area contributed by atoms with E-state index < -0.39 is 0 Å². The Morgan fingerprint density at radius 2 is 2.00 bits per heavy atom. The van der Waals surface area contributed by atoms with Gasteiger partial charge in [0.2, 0.25) is 0 Å². The molecule has 142 valence electrons. The van der Waals surface area contributed by atoms with E-state index in [0.29, 0.717) is 24.8 Å². The Balaban J connectivity index is 1.45. The zero-order chi connectivity index (χ0) is 18.6. The van der Waals surface area contributed by atoms with E-state index in [-0.39, 0.29) is 12.0 Å². The summed E-state index contributed by atoms with van der Waals surface area (Å²) in [6.07, 6.45) is 4.50. The fraction of sp³-hybridized carbons (Fsp3) is 0.435. The SMILES string of the molecule is Cc1cccc(CN(C(=O)c2cccc(OCC3CCCO3)c2)C2CC2)c1. The van der Waals surface area contributed by atoms with Gasteiger partial charge in [-0.2, -0.15) is 0 Å². The average molecular weight is 365 g/mol. The lowest BCUT2D eigenvalue weighted by Crippen LogP contribution is -2.32. The summed E-state index contributed by atoms with van der Waals surface area (Å²) in [5.74, 6) is 0.823. The van der Waals surface area contributed by atoms with Gasteiger partial charge in [-0.05, 0) is 56.4 Å². The second-order valence-electron chi connectivity index (χ2n) is 7.63. The van der Waals surface area contributed by atoms with Gasteiger partial charge in [-0.1, -0.05) is 35.9 Å². The fourth-order valence-corrected chi connectivity index (χ4v) is 3.61. The molecule has 2 aromatic carbocycles. The molecule has 2 aromatic rings. The van der Waals surface area contributed by atoms with Crippen molar-refractivity contribution in [2.24, 2.45) is 0 Å². The van der Waals surface area contributed by atoms with Crippen molar-refractivity contribution in [2.75, 3.05) is 13.2 Å². The summed E-state index contributed by atoms with van der Waals surface area (Å²) in [5.41, 5.74) is 3.10. The number of hydrogen-bond acceptors (Lipinski definition) is 3. The third kappa shape index (κ3) is 4.69. The summed E-state index contributed by atoms with van der Waals surface area (Å²) in [6, 6.07) is 16.3. The van der Waals surface area contributed by atoms with Crippen LogP contribution >= 0.6 is 0 Å². The molecule has 1 amide bonds. The summed E-state index contributed by atoms with van der Waals surface area (Å²) in [4.78, 5) is 15.2. The van der Waals surface area contributed by atoms with Gasteiger partial charge in [0.1, 0.15) is 12.4 Å². The number of aryl methyl sites for hydroxylation is 1. The van der Waals surface area contributed by atoms with E-state index >= 15 is 0 Å². The van der Waals surface area contributed by atoms with Crippen LogP contribution in [0.15, 0.2) is 48.5 Å². The van der Waals surface area contributed by atoms with Crippen molar-refractivity contribution in [3.05, 3.63) is 65.2 Å². The van der Waals surface area contributed by atoms with Gasteiger partial charge in [0, 0.05) is 24.8 Å². The predicted molar refractivity (Wildman–Crippen MR) is 105 cm³/mol. The largest absolute Gasteiger partial charge is 0.491 e. The van der Waals surface area contributed by atoms with Crippen molar-refractivity contribution < 1.29 is 14.3 Å². The van der Waals surface area contributed by atoms with Gasteiger partial charge in [-0.15, -0.1) is 0 Å². The molecular weight excluding hydrogens is 338 g/mol. The van der Waals surface area contributed by atoms with Gasteiger partial charge in [0.25, 0.3) is 5.91 Å². The Labute approximate surface area is 161 Å². The summed E-state index contributed by atoms with van der Waals surface area (Å²) < 4.78 is 11.5. The maximum Gasteiger partial charge on any atom is 0.254 e. The van der Waals surface area contributed by atoms with Gasteiger partial charge in [0.05, 0.1) is 6.10 Å². The Bertz CT molecular complexity index is 794. The van der Waals surface area contributed by atoms with E-state index in [2.05, 4.69) is 31.2 Å². The van der Waals surface area contributed by atoms with E-state index in [9.17, 15) is 4.79 Å². The Hall–Kier alpha value is -2.33. The molecule has 0 aromatic heterocycles. The highest BCUT2D eigenvalue weighted by Gasteiger charge is 2.33. The van der Waals surface area contributed by atoms with Gasteiger partial charge in [0.15, 0.2) is 0 Å². The molecule has 1 unspecified atom stereocenters. The van der Waals surface area contributed by atoms with E-state index in [0.717, 1.165) is 38.0 Å². The number of carbonyl (C=O) groups is 1. The number of amides is 1. The number of nitrogens with zero attached hydrogens (tertiary/aromatic N) is 1. The van der Waals surface area contributed by atoms with E-state index in [1.165, 1.54) is 11.1 Å². The van der Waals surface area contributed by atoms with Crippen LogP contribution in [0, 0.1) is 6.92 Å². The summed E-state index contributed by atoms with van der Waals surface area (Å²) >= 11 is 0. The first-order chi connectivity index (χ1) is 13.2. The van der Waals surface area contributed by atoms with E-state index in [1.54, 1.807) is 0 Å². The highest BCUT2D eigenvalue weighted by molar-refractivity contribution is 5.95. The number of benzene rings is 2. The maximum absolute atomic E-state index is 13.2. The average Bonchev–Trinajstić information content (AvgIpc) is 3.39. The molecule has 0 bridgehead atoms. The molecule has 0 spiro atoms. The van der Waals surface area contributed by atoms with Crippen molar-refractivity contribution in [3.8, 4) is 5.75 Å². The molecule has 1 atom stereocenters. The van der Waals surface area contributed by atoms with E-state index in [1.807, 2.05) is 29.2 Å². The zero-order valence-corrected chi connectivity index (χ0v) is 15.9. The molecule has 2 aliphatic rings. The van der Waals surface area contributed by atoms with Crippen LogP contribution in [0.25, 0.3) is 0 Å². The minimum Gasteiger partial charge on any atom is -0.491 e. The third-order valence-electron chi connectivity index (χ3n) is 5.22. The normalized spacial score (nSPS) is 19.1. The van der Waals surface area contributed by atoms with E-state index in [4.69, 9.17) is 9.47 Å². The fourth-order valence-electron chi connectivity index (χ4n) is 3.61. The summed E-state index contributed by atoms with van der Waals surface area (Å²) in [5, 5.41) is 0. The van der Waals surface area contributed by atoms with Gasteiger partial charge in [-0.25, -0.2) is 0 Å². The monoisotopic (exact) mass is 365 g/mol. The zero-order valence-electron chi connectivity index (χ0n) is 15.9. The molecule has 0 N–H and O–H groups in total. The lowest BCUT2D eigenvalue weighted by atomic mass is 10.1. The highest BCUT2D eigenvalue weighted by atomic mass is 16.5. The molecule has 0 radical (unpaired) electrons. The number of rotatable bonds is 7. The maximum atomic E-state index is 13.2. The topological polar surface area (TPSA) is 38.8 Å². The molecule has 4 heteroatoms. The van der Waals surface area contributed by atoms with Crippen LogP contribution in [-0.2, 0) is 11.3 Å². The van der Waals surface area contributed by atoms with Crippen molar-refractivity contribution in [1.29, 1.82) is 0 Å². The first kappa shape index (κ1) is 18.1. The van der Waals surface area contributed by atoms with Crippen LogP contribution in [0.5, 0.6) is 5.75 Å². The minimum atomic E-state index is 0.0848. The molecule has 4 nitrogen and oxygen atoms in total. The molecule has 4 rings (SSSR count). The second kappa shape index (κ2) is 8.13. The predicted octanol–water partition coefficient (Wildman–Crippen LogP) is 4.36. The van der Waals surface area contributed by atoms with Crippen molar-refractivity contribution >= 4 is 5.91 Å². The summed E-state index contributed by atoms with van der Waals surface area (Å²) in [6.45, 7) is 4.11. The molecular formula is C23H27NO3. The standard InChI is InChI=1S/C23H27NO3/c1-17-5-2-6-18(13-17)15-24(20-10-11-20)23(25)19-7-3-8-21(14-19)27-16-22-9-4-12-26-22/h2-3,5-8,13-14,20,22H,4,9-12,15-16H2,1H3. The van der Waals surface area contributed by atoms with Gasteiger partial charge >= 0.3 is 0 Å². The van der Waals surface area contributed by atoms with Crippen LogP contribution in [0.4, 0.5) is 0 Å². The quantitative estimate of drug-likeness (QED) is 0.732. The third-order valence-corrected chi connectivity index (χ3v) is 5.22. The molecule has 27 heavy (non-hydrogen) atoms. The number of hydrogen-bond donors (Lipinski definition) is 0. The van der Waals surface area contributed by atoms with Crippen molar-refractivity contribution in [2.45, 2.75) is 51.3 Å². The van der Waals surface area contributed by atoms with Gasteiger partial charge in [-0.3, -0.25) is 4.79 Å². The minimum absolute atomic E-state index is 0.0848. The molecule has 1 saturated carbocycles. The smallest absolute Gasteiger partial charge is 0.254 e. The van der Waals surface area contributed by atoms with Gasteiger partial charge < -0.3 is 14.4 Å². The van der Waals surface area contributed by atoms with Crippen LogP contribution in [0.3, 0.4) is 0 Å².